The molecule has 0 fully saturated rings. The molecule has 0 bridgehead atoms. The van der Waals surface area contributed by atoms with Crippen LogP contribution in [-0.2, 0) is 17.6 Å². The predicted octanol–water partition coefficient (Wildman–Crippen LogP) is 1.09. The fourth-order valence-corrected chi connectivity index (χ4v) is 1.97. The lowest BCUT2D eigenvalue weighted by atomic mass is 10.1. The van der Waals surface area contributed by atoms with Crippen LogP contribution in [0.15, 0.2) is 18.2 Å². The van der Waals surface area contributed by atoms with Crippen LogP contribution in [0.1, 0.15) is 11.1 Å². The lowest BCUT2D eigenvalue weighted by molar-refractivity contribution is 0.167. The van der Waals surface area contributed by atoms with Crippen LogP contribution < -0.4 is 11.1 Å². The van der Waals surface area contributed by atoms with Gasteiger partial charge < -0.3 is 15.8 Å². The first kappa shape index (κ1) is 9.83. The van der Waals surface area contributed by atoms with Crippen LogP contribution in [0.3, 0.4) is 0 Å². The summed E-state index contributed by atoms with van der Waals surface area (Å²) in [5, 5.41) is 2.79. The minimum absolute atomic E-state index is 0.134. The van der Waals surface area contributed by atoms with Crippen LogP contribution in [0.2, 0.25) is 0 Å². The van der Waals surface area contributed by atoms with Crippen LogP contribution in [0.25, 0.3) is 0 Å². The molecule has 4 heteroatoms. The summed E-state index contributed by atoms with van der Waals surface area (Å²) in [7, 11) is 1.37. The number of hydrogen-bond acceptors (Lipinski definition) is 3. The average molecular weight is 206 g/mol. The number of methoxy groups -OCH3 is 1. The summed E-state index contributed by atoms with van der Waals surface area (Å²) >= 11 is 0. The number of benzene rings is 1. The third-order valence-corrected chi connectivity index (χ3v) is 2.67. The van der Waals surface area contributed by atoms with Gasteiger partial charge in [0.2, 0.25) is 0 Å². The standard InChI is InChI=1S/C11H14N2O2/c1-15-11(14)13-10-5-7-2-3-9(12)4-8(7)6-10/h2-4,10H,5-6,12H2,1H3,(H,13,14)/t10-/m1/s1. The van der Waals surface area contributed by atoms with Gasteiger partial charge in [-0.15, -0.1) is 0 Å². The molecule has 1 aliphatic carbocycles. The molecule has 1 aromatic rings. The Morgan fingerprint density at radius 2 is 2.20 bits per heavy atom. The number of rotatable bonds is 1. The molecular formula is C11H14N2O2. The second-order valence-corrected chi connectivity index (χ2v) is 3.77. The SMILES string of the molecule is COC(=O)N[C@@H]1Cc2ccc(N)cc2C1. The number of carbonyl (C=O) groups is 1. The van der Waals surface area contributed by atoms with Gasteiger partial charge in [-0.2, -0.15) is 0 Å². The molecule has 0 aliphatic heterocycles. The van der Waals surface area contributed by atoms with Crippen molar-refractivity contribution in [3.63, 3.8) is 0 Å². The van der Waals surface area contributed by atoms with Crippen LogP contribution in [0.4, 0.5) is 10.5 Å². The van der Waals surface area contributed by atoms with E-state index in [4.69, 9.17) is 5.73 Å². The van der Waals surface area contributed by atoms with Crippen molar-refractivity contribution in [2.45, 2.75) is 18.9 Å². The quantitative estimate of drug-likeness (QED) is 0.676. The molecule has 15 heavy (non-hydrogen) atoms. The summed E-state index contributed by atoms with van der Waals surface area (Å²) in [6.07, 6.45) is 1.31. The molecule has 3 N–H and O–H groups in total. The van der Waals surface area contributed by atoms with E-state index in [0.717, 1.165) is 18.5 Å². The number of nitrogen functional groups attached to an aromatic ring is 1. The Morgan fingerprint density at radius 3 is 2.93 bits per heavy atom. The van der Waals surface area contributed by atoms with Gasteiger partial charge in [0.15, 0.2) is 0 Å². The Labute approximate surface area is 88.4 Å². The minimum Gasteiger partial charge on any atom is -0.453 e. The van der Waals surface area contributed by atoms with E-state index in [1.54, 1.807) is 0 Å². The summed E-state index contributed by atoms with van der Waals surface area (Å²) in [6.45, 7) is 0. The lowest BCUT2D eigenvalue weighted by Gasteiger charge is -2.09. The van der Waals surface area contributed by atoms with E-state index in [0.29, 0.717) is 0 Å². The molecule has 0 aromatic heterocycles. The van der Waals surface area contributed by atoms with Crippen molar-refractivity contribution < 1.29 is 9.53 Å². The number of nitrogens with two attached hydrogens (primary N) is 1. The molecule has 1 aromatic carbocycles. The number of ether oxygens (including phenoxy) is 1. The van der Waals surface area contributed by atoms with Gasteiger partial charge in [-0.3, -0.25) is 0 Å². The number of hydrogen-bond donors (Lipinski definition) is 2. The van der Waals surface area contributed by atoms with Crippen molar-refractivity contribution in [1.29, 1.82) is 0 Å². The maximum atomic E-state index is 11.0. The summed E-state index contributed by atoms with van der Waals surface area (Å²) in [5.41, 5.74) is 8.94. The molecule has 0 heterocycles. The van der Waals surface area contributed by atoms with Crippen molar-refractivity contribution in [3.05, 3.63) is 29.3 Å². The summed E-state index contributed by atoms with van der Waals surface area (Å²) in [6, 6.07) is 6.01. The third-order valence-electron chi connectivity index (χ3n) is 2.67. The van der Waals surface area contributed by atoms with Crippen LogP contribution in [0, 0.1) is 0 Å². The topological polar surface area (TPSA) is 64.3 Å². The normalized spacial score (nSPS) is 18.3. The fraction of sp³-hybridized carbons (Fsp3) is 0.364. The van der Waals surface area contributed by atoms with Crippen LogP contribution in [0.5, 0.6) is 0 Å². The summed E-state index contributed by atoms with van der Waals surface area (Å²) in [5.74, 6) is 0. The zero-order valence-corrected chi connectivity index (χ0v) is 8.62. The first-order valence-electron chi connectivity index (χ1n) is 4.91. The monoisotopic (exact) mass is 206 g/mol. The Bertz CT molecular complexity index is 390. The van der Waals surface area contributed by atoms with Crippen molar-refractivity contribution in [3.8, 4) is 0 Å². The Balaban J connectivity index is 2.06. The van der Waals surface area contributed by atoms with E-state index in [1.807, 2.05) is 18.2 Å². The highest BCUT2D eigenvalue weighted by Crippen LogP contribution is 2.24. The van der Waals surface area contributed by atoms with Gasteiger partial charge in [-0.1, -0.05) is 6.07 Å². The molecule has 1 aliphatic rings. The van der Waals surface area contributed by atoms with Crippen LogP contribution in [-0.4, -0.2) is 19.2 Å². The van der Waals surface area contributed by atoms with E-state index in [-0.39, 0.29) is 12.1 Å². The number of alkyl carbamates (subject to hydrolysis) is 1. The van der Waals surface area contributed by atoms with Crippen molar-refractivity contribution in [2.24, 2.45) is 0 Å². The van der Waals surface area contributed by atoms with Crippen molar-refractivity contribution in [1.82, 2.24) is 5.32 Å². The minimum atomic E-state index is -0.374. The molecule has 0 saturated carbocycles. The molecule has 1 amide bonds. The van der Waals surface area contributed by atoms with Gasteiger partial charge >= 0.3 is 6.09 Å². The van der Waals surface area contributed by atoms with Gasteiger partial charge in [0, 0.05) is 11.7 Å². The van der Waals surface area contributed by atoms with E-state index in [1.165, 1.54) is 18.2 Å². The van der Waals surface area contributed by atoms with E-state index < -0.39 is 0 Å². The number of fused-ring (bicyclic) bond motifs is 1. The van der Waals surface area contributed by atoms with Gasteiger partial charge in [-0.25, -0.2) is 4.79 Å². The molecule has 0 unspecified atom stereocenters. The molecule has 80 valence electrons. The van der Waals surface area contributed by atoms with E-state index in [2.05, 4.69) is 10.1 Å². The van der Waals surface area contributed by atoms with Crippen LogP contribution >= 0.6 is 0 Å². The summed E-state index contributed by atoms with van der Waals surface area (Å²) in [4.78, 5) is 11.0. The van der Waals surface area contributed by atoms with Gasteiger partial charge in [0.05, 0.1) is 7.11 Å². The highest BCUT2D eigenvalue weighted by Gasteiger charge is 2.22. The second kappa shape index (κ2) is 3.81. The molecule has 0 spiro atoms. The maximum Gasteiger partial charge on any atom is 0.407 e. The van der Waals surface area contributed by atoms with E-state index >= 15 is 0 Å². The average Bonchev–Trinajstić information content (AvgIpc) is 2.59. The Kier molecular flexibility index (Phi) is 2.49. The lowest BCUT2D eigenvalue weighted by Crippen LogP contribution is -2.35. The van der Waals surface area contributed by atoms with Gasteiger partial charge in [0.1, 0.15) is 0 Å². The van der Waals surface area contributed by atoms with Crippen molar-refractivity contribution in [2.75, 3.05) is 12.8 Å². The van der Waals surface area contributed by atoms with Crippen molar-refractivity contribution >= 4 is 11.8 Å². The summed E-state index contributed by atoms with van der Waals surface area (Å²) < 4.78 is 4.56. The van der Waals surface area contributed by atoms with Gasteiger partial charge in [0.25, 0.3) is 0 Å². The molecule has 4 nitrogen and oxygen atoms in total. The molecule has 0 saturated heterocycles. The van der Waals surface area contributed by atoms with E-state index in [9.17, 15) is 4.79 Å². The van der Waals surface area contributed by atoms with Gasteiger partial charge in [-0.05, 0) is 36.1 Å². The predicted molar refractivity (Wildman–Crippen MR) is 57.6 cm³/mol. The zero-order valence-electron chi connectivity index (χ0n) is 8.62. The highest BCUT2D eigenvalue weighted by molar-refractivity contribution is 5.67. The first-order chi connectivity index (χ1) is 7.19. The highest BCUT2D eigenvalue weighted by atomic mass is 16.5. The molecule has 1 atom stereocenters. The molecule has 2 rings (SSSR count). The molecular weight excluding hydrogens is 192 g/mol. The number of anilines is 1. The smallest absolute Gasteiger partial charge is 0.407 e. The second-order valence-electron chi connectivity index (χ2n) is 3.77. The largest absolute Gasteiger partial charge is 0.453 e. The first-order valence-corrected chi connectivity index (χ1v) is 4.91. The number of carbonyl (C=O) groups excluding carboxylic acids is 1. The number of nitrogens with one attached hydrogen (secondary N) is 1. The molecule has 0 radical (unpaired) electrons. The third kappa shape index (κ3) is 2.03. The fourth-order valence-electron chi connectivity index (χ4n) is 1.97. The zero-order chi connectivity index (χ0) is 10.8. The Hall–Kier alpha value is -1.71. The maximum absolute atomic E-state index is 11.0. The Morgan fingerprint density at radius 1 is 1.47 bits per heavy atom. The number of amides is 1.